The van der Waals surface area contributed by atoms with E-state index in [2.05, 4.69) is 20.7 Å². The highest BCUT2D eigenvalue weighted by molar-refractivity contribution is 9.09. The first-order valence-electron chi connectivity index (χ1n) is 4.40. The Morgan fingerprint density at radius 2 is 1.81 bits per heavy atom. The molecule has 0 bridgehead atoms. The average molecular weight is 303 g/mol. The van der Waals surface area contributed by atoms with Gasteiger partial charge in [0.2, 0.25) is 0 Å². The van der Waals surface area contributed by atoms with Crippen LogP contribution in [0.5, 0.6) is 0 Å². The number of carbonyl (C=O) groups excluding carboxylic acids is 1. The summed E-state index contributed by atoms with van der Waals surface area (Å²) in [5.74, 6) is -7.36. The van der Waals surface area contributed by atoms with Gasteiger partial charge in [-0.05, 0) is 0 Å². The molecule has 0 aromatic rings. The van der Waals surface area contributed by atoms with E-state index in [1.807, 2.05) is 0 Å². The van der Waals surface area contributed by atoms with Gasteiger partial charge >= 0.3 is 17.9 Å². The summed E-state index contributed by atoms with van der Waals surface area (Å²) in [7, 11) is 0. The van der Waals surface area contributed by atoms with Crippen LogP contribution in [0.3, 0.4) is 0 Å². The molecule has 1 atom stereocenters. The van der Waals surface area contributed by atoms with Crippen LogP contribution in [0.15, 0.2) is 0 Å². The van der Waals surface area contributed by atoms with Gasteiger partial charge in [0.25, 0.3) is 0 Å². The summed E-state index contributed by atoms with van der Waals surface area (Å²) >= 11 is 2.75. The summed E-state index contributed by atoms with van der Waals surface area (Å²) < 4.78 is 31.1. The van der Waals surface area contributed by atoms with Gasteiger partial charge in [-0.3, -0.25) is 4.79 Å². The van der Waals surface area contributed by atoms with Gasteiger partial charge in [0.05, 0.1) is 0 Å². The number of carboxylic acid groups (broad SMARTS) is 1. The number of alkyl halides is 3. The maximum Gasteiger partial charge on any atom is 0.379 e. The van der Waals surface area contributed by atoms with Crippen LogP contribution in [0, 0.1) is 5.41 Å². The Labute approximate surface area is 100 Å². The van der Waals surface area contributed by atoms with E-state index in [-0.39, 0.29) is 5.33 Å². The molecule has 0 aliphatic heterocycles. The average Bonchev–Trinajstić information content (AvgIpc) is 2.11. The summed E-state index contributed by atoms with van der Waals surface area (Å²) in [5, 5.41) is 8.14. The van der Waals surface area contributed by atoms with E-state index in [1.54, 1.807) is 0 Å². The summed E-state index contributed by atoms with van der Waals surface area (Å²) in [6.07, 6.45) is -2.01. The van der Waals surface area contributed by atoms with Gasteiger partial charge in [-0.15, -0.1) is 0 Å². The SMILES string of the molecule is CC(C)(C)C(OC(=O)CBr)C(F)(F)C(=O)O. The molecule has 0 heterocycles. The van der Waals surface area contributed by atoms with E-state index in [9.17, 15) is 18.4 Å². The molecule has 0 saturated carbocycles. The molecule has 0 saturated heterocycles. The molecular weight excluding hydrogens is 290 g/mol. The zero-order chi connectivity index (χ0) is 13.1. The molecule has 7 heteroatoms. The second kappa shape index (κ2) is 5.07. The van der Waals surface area contributed by atoms with Gasteiger partial charge in [-0.25, -0.2) is 4.79 Å². The van der Waals surface area contributed by atoms with E-state index >= 15 is 0 Å². The second-order valence-corrected chi connectivity index (χ2v) is 4.86. The zero-order valence-electron chi connectivity index (χ0n) is 9.09. The third-order valence-electron chi connectivity index (χ3n) is 1.76. The van der Waals surface area contributed by atoms with Crippen LogP contribution in [-0.4, -0.2) is 34.4 Å². The molecule has 0 radical (unpaired) electrons. The quantitative estimate of drug-likeness (QED) is 0.638. The molecule has 4 nitrogen and oxygen atoms in total. The number of hydrogen-bond acceptors (Lipinski definition) is 3. The van der Waals surface area contributed by atoms with Crippen molar-refractivity contribution in [2.75, 3.05) is 5.33 Å². The van der Waals surface area contributed by atoms with Crippen LogP contribution in [0.25, 0.3) is 0 Å². The minimum Gasteiger partial charge on any atom is -0.477 e. The van der Waals surface area contributed by atoms with Crippen LogP contribution in [0.4, 0.5) is 8.78 Å². The van der Waals surface area contributed by atoms with Crippen LogP contribution in [0.1, 0.15) is 20.8 Å². The fourth-order valence-electron chi connectivity index (χ4n) is 1.07. The van der Waals surface area contributed by atoms with Crippen LogP contribution >= 0.6 is 15.9 Å². The number of hydrogen-bond donors (Lipinski definition) is 1. The standard InChI is InChI=1S/C9H13BrF2O4/c1-8(2,3)6(16-5(13)4-10)9(11,12)7(14)15/h6H,4H2,1-3H3,(H,14,15). The Bertz CT molecular complexity index is 286. The van der Waals surface area contributed by atoms with Crippen LogP contribution < -0.4 is 0 Å². The highest BCUT2D eigenvalue weighted by atomic mass is 79.9. The third-order valence-corrected chi connectivity index (χ3v) is 2.22. The lowest BCUT2D eigenvalue weighted by Gasteiger charge is -2.33. The monoisotopic (exact) mass is 302 g/mol. The highest BCUT2D eigenvalue weighted by Gasteiger charge is 2.55. The lowest BCUT2D eigenvalue weighted by atomic mass is 9.85. The number of esters is 1. The first-order chi connectivity index (χ1) is 7.03. The number of halogens is 3. The fraction of sp³-hybridized carbons (Fsp3) is 0.778. The molecule has 1 N–H and O–H groups in total. The molecule has 16 heavy (non-hydrogen) atoms. The first-order valence-corrected chi connectivity index (χ1v) is 5.52. The van der Waals surface area contributed by atoms with Crippen LogP contribution in [-0.2, 0) is 14.3 Å². The molecule has 0 rings (SSSR count). The summed E-state index contributed by atoms with van der Waals surface area (Å²) in [5.41, 5.74) is -1.18. The minimum atomic E-state index is -4.11. The number of aliphatic carboxylic acids is 1. The van der Waals surface area contributed by atoms with E-state index in [4.69, 9.17) is 5.11 Å². The van der Waals surface area contributed by atoms with Gasteiger partial charge in [0, 0.05) is 5.41 Å². The lowest BCUT2D eigenvalue weighted by Crippen LogP contribution is -2.51. The van der Waals surface area contributed by atoms with Crippen molar-refractivity contribution in [1.82, 2.24) is 0 Å². The molecule has 0 amide bonds. The number of carbonyl (C=O) groups is 2. The molecular formula is C9H13BrF2O4. The van der Waals surface area contributed by atoms with Gasteiger partial charge in [-0.1, -0.05) is 36.7 Å². The Morgan fingerprint density at radius 3 is 2.06 bits per heavy atom. The van der Waals surface area contributed by atoms with Crippen LogP contribution in [0.2, 0.25) is 0 Å². The van der Waals surface area contributed by atoms with Gasteiger partial charge in [-0.2, -0.15) is 8.78 Å². The van der Waals surface area contributed by atoms with Crippen molar-refractivity contribution in [3.8, 4) is 0 Å². The van der Waals surface area contributed by atoms with E-state index in [1.165, 1.54) is 20.8 Å². The van der Waals surface area contributed by atoms with Gasteiger partial charge in [0.1, 0.15) is 5.33 Å². The largest absolute Gasteiger partial charge is 0.477 e. The van der Waals surface area contributed by atoms with E-state index < -0.39 is 29.4 Å². The van der Waals surface area contributed by atoms with Crippen molar-refractivity contribution in [2.24, 2.45) is 5.41 Å². The Hall–Kier alpha value is -0.720. The maximum atomic E-state index is 13.3. The molecule has 0 spiro atoms. The van der Waals surface area contributed by atoms with Crippen molar-refractivity contribution in [1.29, 1.82) is 0 Å². The summed E-state index contributed by atoms with van der Waals surface area (Å²) in [6.45, 7) is 4.11. The van der Waals surface area contributed by atoms with Crippen molar-refractivity contribution in [3.05, 3.63) is 0 Å². The van der Waals surface area contributed by atoms with Crippen molar-refractivity contribution in [3.63, 3.8) is 0 Å². The predicted molar refractivity (Wildman–Crippen MR) is 55.7 cm³/mol. The van der Waals surface area contributed by atoms with Gasteiger partial charge in [0.15, 0.2) is 6.10 Å². The number of ether oxygens (including phenoxy) is 1. The minimum absolute atomic E-state index is 0.269. The predicted octanol–water partition coefficient (Wildman–Crippen LogP) is 2.06. The van der Waals surface area contributed by atoms with Crippen molar-refractivity contribution < 1.29 is 28.2 Å². The second-order valence-electron chi connectivity index (χ2n) is 4.30. The lowest BCUT2D eigenvalue weighted by molar-refractivity contribution is -0.206. The van der Waals surface area contributed by atoms with E-state index in [0.29, 0.717) is 0 Å². The topological polar surface area (TPSA) is 63.6 Å². The maximum absolute atomic E-state index is 13.3. The zero-order valence-corrected chi connectivity index (χ0v) is 10.7. The molecule has 0 aliphatic carbocycles. The Balaban J connectivity index is 5.11. The molecule has 0 aromatic carbocycles. The first kappa shape index (κ1) is 15.3. The molecule has 0 fully saturated rings. The Kier molecular flexibility index (Phi) is 4.85. The normalized spacial score (nSPS) is 14.4. The number of rotatable bonds is 4. The number of carboxylic acids is 1. The summed E-state index contributed by atoms with van der Waals surface area (Å²) in [4.78, 5) is 21.4. The summed E-state index contributed by atoms with van der Waals surface area (Å²) in [6, 6.07) is 0. The molecule has 94 valence electrons. The molecule has 0 aliphatic rings. The van der Waals surface area contributed by atoms with E-state index in [0.717, 1.165) is 0 Å². The van der Waals surface area contributed by atoms with Crippen molar-refractivity contribution in [2.45, 2.75) is 32.8 Å². The fourth-order valence-corrected chi connectivity index (χ4v) is 1.20. The van der Waals surface area contributed by atoms with Crippen molar-refractivity contribution >= 4 is 27.9 Å². The third kappa shape index (κ3) is 3.70. The molecule has 0 aromatic heterocycles. The smallest absolute Gasteiger partial charge is 0.379 e. The molecule has 1 unspecified atom stereocenters. The van der Waals surface area contributed by atoms with Gasteiger partial charge < -0.3 is 9.84 Å². The Morgan fingerprint density at radius 1 is 1.38 bits per heavy atom. The highest BCUT2D eigenvalue weighted by Crippen LogP contribution is 2.35.